The molecule has 1 aromatic carbocycles. The summed E-state index contributed by atoms with van der Waals surface area (Å²) in [5, 5.41) is 13.1. The van der Waals surface area contributed by atoms with Gasteiger partial charge in [-0.1, -0.05) is 19.1 Å². The van der Waals surface area contributed by atoms with Crippen molar-refractivity contribution in [1.82, 2.24) is 9.78 Å². The monoisotopic (exact) mass is 295 g/mol. The van der Waals surface area contributed by atoms with E-state index in [-0.39, 0.29) is 11.5 Å². The first-order valence-corrected chi connectivity index (χ1v) is 7.68. The lowest BCUT2D eigenvalue weighted by atomic mass is 10.1. The van der Waals surface area contributed by atoms with Crippen molar-refractivity contribution in [2.45, 2.75) is 24.8 Å². The number of aliphatic hydroxyl groups is 1. The summed E-state index contributed by atoms with van der Waals surface area (Å²) >= 11 is 0. The molecule has 1 aromatic heterocycles. The van der Waals surface area contributed by atoms with Gasteiger partial charge in [0.05, 0.1) is 23.4 Å². The van der Waals surface area contributed by atoms with Crippen molar-refractivity contribution < 1.29 is 13.5 Å². The van der Waals surface area contributed by atoms with Crippen LogP contribution in [0.3, 0.4) is 0 Å². The number of rotatable bonds is 5. The SMILES string of the molecule is CCc1ccc(CO)cc1S(=O)(=O)Nc1cnn(C)c1. The summed E-state index contributed by atoms with van der Waals surface area (Å²) in [6, 6.07) is 4.95. The Balaban J connectivity index is 2.42. The molecule has 0 aliphatic carbocycles. The topological polar surface area (TPSA) is 84.2 Å². The van der Waals surface area contributed by atoms with Crippen molar-refractivity contribution in [3.63, 3.8) is 0 Å². The molecule has 2 rings (SSSR count). The lowest BCUT2D eigenvalue weighted by Gasteiger charge is -2.11. The predicted octanol–water partition coefficient (Wildman–Crippen LogP) is 1.28. The number of benzene rings is 1. The van der Waals surface area contributed by atoms with Crippen LogP contribution in [0, 0.1) is 0 Å². The lowest BCUT2D eigenvalue weighted by Crippen LogP contribution is -2.15. The standard InChI is InChI=1S/C13H17N3O3S/c1-3-11-5-4-10(9-17)6-13(11)20(18,19)15-12-7-14-16(2)8-12/h4-8,15,17H,3,9H2,1-2H3. The molecule has 0 unspecified atom stereocenters. The number of aliphatic hydroxyl groups excluding tert-OH is 1. The molecule has 0 bridgehead atoms. The average molecular weight is 295 g/mol. The first kappa shape index (κ1) is 14.5. The summed E-state index contributed by atoms with van der Waals surface area (Å²) < 4.78 is 28.9. The van der Waals surface area contributed by atoms with Crippen LogP contribution in [0.4, 0.5) is 5.69 Å². The Morgan fingerprint density at radius 3 is 2.70 bits per heavy atom. The van der Waals surface area contributed by atoms with E-state index in [2.05, 4.69) is 9.82 Å². The van der Waals surface area contributed by atoms with Crippen molar-refractivity contribution in [2.24, 2.45) is 7.05 Å². The van der Waals surface area contributed by atoms with E-state index in [4.69, 9.17) is 5.11 Å². The number of hydrogen-bond donors (Lipinski definition) is 2. The van der Waals surface area contributed by atoms with Gasteiger partial charge in [0.15, 0.2) is 0 Å². The Hall–Kier alpha value is -1.86. The van der Waals surface area contributed by atoms with Gasteiger partial charge in [0.2, 0.25) is 0 Å². The molecule has 0 amide bonds. The molecular formula is C13H17N3O3S. The van der Waals surface area contributed by atoms with Crippen molar-refractivity contribution >= 4 is 15.7 Å². The molecule has 0 spiro atoms. The smallest absolute Gasteiger partial charge is 0.262 e. The fraction of sp³-hybridized carbons (Fsp3) is 0.308. The zero-order valence-corrected chi connectivity index (χ0v) is 12.2. The van der Waals surface area contributed by atoms with Gasteiger partial charge in [0, 0.05) is 13.2 Å². The molecule has 2 aromatic rings. The van der Waals surface area contributed by atoms with Gasteiger partial charge in [-0.05, 0) is 23.6 Å². The van der Waals surface area contributed by atoms with Gasteiger partial charge in [0.25, 0.3) is 10.0 Å². The highest BCUT2D eigenvalue weighted by Crippen LogP contribution is 2.21. The molecule has 0 saturated carbocycles. The van der Waals surface area contributed by atoms with Crippen LogP contribution in [0.1, 0.15) is 18.1 Å². The molecule has 6 nitrogen and oxygen atoms in total. The molecule has 20 heavy (non-hydrogen) atoms. The number of nitrogens with zero attached hydrogens (tertiary/aromatic N) is 2. The zero-order valence-electron chi connectivity index (χ0n) is 11.4. The predicted molar refractivity (Wildman–Crippen MR) is 75.8 cm³/mol. The Labute approximate surface area is 118 Å². The zero-order chi connectivity index (χ0) is 14.8. The highest BCUT2D eigenvalue weighted by atomic mass is 32.2. The Kier molecular flexibility index (Phi) is 4.10. The van der Waals surface area contributed by atoms with Crippen molar-refractivity contribution in [3.8, 4) is 0 Å². The highest BCUT2D eigenvalue weighted by molar-refractivity contribution is 7.92. The van der Waals surface area contributed by atoms with Crippen LogP contribution in [0.25, 0.3) is 0 Å². The minimum absolute atomic E-state index is 0.190. The molecule has 1 heterocycles. The van der Waals surface area contributed by atoms with Gasteiger partial charge < -0.3 is 5.11 Å². The maximum atomic E-state index is 12.4. The Bertz CT molecular complexity index is 707. The molecule has 2 N–H and O–H groups in total. The molecule has 0 atom stereocenters. The summed E-state index contributed by atoms with van der Waals surface area (Å²) in [7, 11) is -1.98. The maximum Gasteiger partial charge on any atom is 0.262 e. The molecule has 108 valence electrons. The Morgan fingerprint density at radius 2 is 2.15 bits per heavy atom. The van der Waals surface area contributed by atoms with E-state index in [1.54, 1.807) is 25.4 Å². The van der Waals surface area contributed by atoms with Crippen LogP contribution in [0.15, 0.2) is 35.5 Å². The molecule has 0 aliphatic rings. The molecule has 0 radical (unpaired) electrons. The van der Waals surface area contributed by atoms with Crippen LogP contribution in [-0.2, 0) is 30.1 Å². The number of aryl methyl sites for hydroxylation is 2. The van der Waals surface area contributed by atoms with Gasteiger partial charge in [-0.25, -0.2) is 8.42 Å². The minimum Gasteiger partial charge on any atom is -0.392 e. The number of anilines is 1. The first-order chi connectivity index (χ1) is 9.46. The second-order valence-electron chi connectivity index (χ2n) is 4.46. The number of nitrogens with one attached hydrogen (secondary N) is 1. The van der Waals surface area contributed by atoms with E-state index in [9.17, 15) is 8.42 Å². The van der Waals surface area contributed by atoms with Crippen molar-refractivity contribution in [2.75, 3.05) is 4.72 Å². The minimum atomic E-state index is -3.69. The van der Waals surface area contributed by atoms with Gasteiger partial charge in [-0.15, -0.1) is 0 Å². The van der Waals surface area contributed by atoms with Crippen LogP contribution < -0.4 is 4.72 Å². The second kappa shape index (κ2) is 5.64. The summed E-state index contributed by atoms with van der Waals surface area (Å²) in [6.07, 6.45) is 3.62. The van der Waals surface area contributed by atoms with E-state index < -0.39 is 10.0 Å². The van der Waals surface area contributed by atoms with Gasteiger partial charge >= 0.3 is 0 Å². The van der Waals surface area contributed by atoms with Crippen molar-refractivity contribution in [3.05, 3.63) is 41.7 Å². The fourth-order valence-corrected chi connectivity index (χ4v) is 3.31. The number of hydrogen-bond acceptors (Lipinski definition) is 4. The van der Waals surface area contributed by atoms with Gasteiger partial charge in [-0.3, -0.25) is 9.40 Å². The maximum absolute atomic E-state index is 12.4. The quantitative estimate of drug-likeness (QED) is 0.870. The van der Waals surface area contributed by atoms with E-state index >= 15 is 0 Å². The van der Waals surface area contributed by atoms with Crippen LogP contribution in [-0.4, -0.2) is 23.3 Å². The largest absolute Gasteiger partial charge is 0.392 e. The summed E-state index contributed by atoms with van der Waals surface area (Å²) in [5.41, 5.74) is 1.68. The van der Waals surface area contributed by atoms with E-state index in [1.165, 1.54) is 16.9 Å². The third-order valence-corrected chi connectivity index (χ3v) is 4.41. The summed E-state index contributed by atoms with van der Waals surface area (Å²) in [6.45, 7) is 1.69. The third kappa shape index (κ3) is 3.00. The Morgan fingerprint density at radius 1 is 1.40 bits per heavy atom. The molecule has 0 aliphatic heterocycles. The van der Waals surface area contributed by atoms with Gasteiger partial charge in [-0.2, -0.15) is 5.10 Å². The summed E-state index contributed by atoms with van der Waals surface area (Å²) in [4.78, 5) is 0.190. The van der Waals surface area contributed by atoms with E-state index in [0.29, 0.717) is 23.2 Å². The lowest BCUT2D eigenvalue weighted by molar-refractivity contribution is 0.281. The molecular weight excluding hydrogens is 278 g/mol. The summed E-state index contributed by atoms with van der Waals surface area (Å²) in [5.74, 6) is 0. The number of aromatic nitrogens is 2. The molecule has 7 heteroatoms. The third-order valence-electron chi connectivity index (χ3n) is 2.94. The molecule has 0 saturated heterocycles. The van der Waals surface area contributed by atoms with Crippen LogP contribution >= 0.6 is 0 Å². The average Bonchev–Trinajstić information content (AvgIpc) is 2.82. The normalized spacial score (nSPS) is 11.6. The van der Waals surface area contributed by atoms with E-state index in [1.807, 2.05) is 6.92 Å². The van der Waals surface area contributed by atoms with E-state index in [0.717, 1.165) is 0 Å². The van der Waals surface area contributed by atoms with Crippen LogP contribution in [0.5, 0.6) is 0 Å². The first-order valence-electron chi connectivity index (χ1n) is 6.20. The van der Waals surface area contributed by atoms with Crippen molar-refractivity contribution in [1.29, 1.82) is 0 Å². The van der Waals surface area contributed by atoms with Gasteiger partial charge in [0.1, 0.15) is 0 Å². The number of sulfonamides is 1. The van der Waals surface area contributed by atoms with Crippen LogP contribution in [0.2, 0.25) is 0 Å². The fourth-order valence-electron chi connectivity index (χ4n) is 1.92. The second-order valence-corrected chi connectivity index (χ2v) is 6.11. The highest BCUT2D eigenvalue weighted by Gasteiger charge is 2.19. The molecule has 0 fully saturated rings.